The highest BCUT2D eigenvalue weighted by molar-refractivity contribution is 5.99. The summed E-state index contributed by atoms with van der Waals surface area (Å²) in [6.07, 6.45) is 14.3. The molecule has 1 aromatic carbocycles. The second-order valence-corrected chi connectivity index (χ2v) is 9.35. The second-order valence-electron chi connectivity index (χ2n) is 9.35. The second kappa shape index (κ2) is 12.8. The fraction of sp³-hybridized carbons (Fsp3) is 0.607. The number of rotatable bonds is 9. The van der Waals surface area contributed by atoms with Crippen molar-refractivity contribution >= 4 is 11.5 Å². The van der Waals surface area contributed by atoms with E-state index < -0.39 is 0 Å². The van der Waals surface area contributed by atoms with Gasteiger partial charge in [0.05, 0.1) is 6.10 Å². The van der Waals surface area contributed by atoms with Gasteiger partial charge in [-0.1, -0.05) is 38.5 Å². The van der Waals surface area contributed by atoms with E-state index >= 15 is 0 Å². The van der Waals surface area contributed by atoms with Gasteiger partial charge in [0.2, 0.25) is 5.90 Å². The molecule has 2 fully saturated rings. The van der Waals surface area contributed by atoms with Crippen LogP contribution in [0.25, 0.3) is 5.57 Å². The zero-order valence-corrected chi connectivity index (χ0v) is 20.4. The number of unbranched alkanes of at least 4 members (excludes halogenated alkanes) is 1. The smallest absolute Gasteiger partial charge is 0.209 e. The zero-order chi connectivity index (χ0) is 22.8. The molecule has 1 aromatic rings. The van der Waals surface area contributed by atoms with Crippen molar-refractivity contribution in [1.82, 2.24) is 4.90 Å². The van der Waals surface area contributed by atoms with Crippen LogP contribution in [0.3, 0.4) is 0 Å². The van der Waals surface area contributed by atoms with Gasteiger partial charge in [0.15, 0.2) is 0 Å². The highest BCUT2D eigenvalue weighted by atomic mass is 16.5. The Hall–Kier alpha value is -2.07. The molecule has 4 heteroatoms. The summed E-state index contributed by atoms with van der Waals surface area (Å²) < 4.78 is 12.5. The van der Waals surface area contributed by atoms with Crippen molar-refractivity contribution in [3.8, 4) is 5.75 Å². The maximum absolute atomic E-state index is 6.30. The summed E-state index contributed by atoms with van der Waals surface area (Å²) in [5.41, 5.74) is 3.41. The highest BCUT2D eigenvalue weighted by Crippen LogP contribution is 2.29. The third-order valence-corrected chi connectivity index (χ3v) is 6.67. The standard InChI is InChI=1S/C28H42N2O2/c1-5-6-10-22(2)27(21-28(29-3)32-26-17-19-30(4)20-18-26)23-13-15-25(16-14-23)31-24-11-8-7-9-12-24/h13-16,21,24,26H,2,5-12,17-20H2,1,3-4H3/b27-21+,29-28?. The number of aliphatic imine (C=N–C) groups is 1. The zero-order valence-electron chi connectivity index (χ0n) is 20.4. The molecule has 0 spiro atoms. The molecule has 0 N–H and O–H groups in total. The lowest BCUT2D eigenvalue weighted by Crippen LogP contribution is -2.35. The first-order chi connectivity index (χ1) is 15.6. The van der Waals surface area contributed by atoms with E-state index in [0.29, 0.717) is 12.0 Å². The topological polar surface area (TPSA) is 34.1 Å². The first-order valence-electron chi connectivity index (χ1n) is 12.6. The predicted molar refractivity (Wildman–Crippen MR) is 136 cm³/mol. The molecule has 1 aliphatic carbocycles. The Morgan fingerprint density at radius 1 is 1.06 bits per heavy atom. The van der Waals surface area contributed by atoms with E-state index in [1.54, 1.807) is 0 Å². The van der Waals surface area contributed by atoms with Crippen LogP contribution >= 0.6 is 0 Å². The van der Waals surface area contributed by atoms with Crippen LogP contribution in [0.1, 0.15) is 76.7 Å². The molecule has 0 amide bonds. The van der Waals surface area contributed by atoms with E-state index in [0.717, 1.165) is 67.7 Å². The van der Waals surface area contributed by atoms with Crippen LogP contribution < -0.4 is 4.74 Å². The van der Waals surface area contributed by atoms with E-state index in [1.165, 1.54) is 32.1 Å². The Morgan fingerprint density at radius 2 is 1.75 bits per heavy atom. The van der Waals surface area contributed by atoms with E-state index in [2.05, 4.69) is 60.8 Å². The Morgan fingerprint density at radius 3 is 2.38 bits per heavy atom. The van der Waals surface area contributed by atoms with Crippen molar-refractivity contribution < 1.29 is 9.47 Å². The number of allylic oxidation sites excluding steroid dienone is 2. The molecule has 1 aliphatic heterocycles. The summed E-state index contributed by atoms with van der Waals surface area (Å²) in [5.74, 6) is 1.67. The first kappa shape index (κ1) is 24.6. The monoisotopic (exact) mass is 438 g/mol. The van der Waals surface area contributed by atoms with Crippen LogP contribution in [0, 0.1) is 0 Å². The lowest BCUT2D eigenvalue weighted by atomic mass is 9.94. The van der Waals surface area contributed by atoms with Crippen LogP contribution in [-0.2, 0) is 4.74 Å². The van der Waals surface area contributed by atoms with Gasteiger partial charge < -0.3 is 14.4 Å². The van der Waals surface area contributed by atoms with E-state index in [1.807, 2.05) is 7.05 Å². The van der Waals surface area contributed by atoms with Gasteiger partial charge in [-0.15, -0.1) is 0 Å². The predicted octanol–water partition coefficient (Wildman–Crippen LogP) is 6.67. The third kappa shape index (κ3) is 7.51. The highest BCUT2D eigenvalue weighted by Gasteiger charge is 2.20. The van der Waals surface area contributed by atoms with Crippen LogP contribution in [0.4, 0.5) is 0 Å². The van der Waals surface area contributed by atoms with Gasteiger partial charge in [-0.05, 0) is 87.3 Å². The number of nitrogens with zero attached hydrogens (tertiary/aromatic N) is 2. The Balaban J connectivity index is 1.74. The first-order valence-corrected chi connectivity index (χ1v) is 12.6. The van der Waals surface area contributed by atoms with Gasteiger partial charge in [0, 0.05) is 26.2 Å². The molecule has 1 heterocycles. The Labute approximate surface area is 195 Å². The molecule has 0 atom stereocenters. The molecule has 3 rings (SSSR count). The number of hydrogen-bond donors (Lipinski definition) is 0. The van der Waals surface area contributed by atoms with E-state index in [9.17, 15) is 0 Å². The minimum absolute atomic E-state index is 0.234. The Bertz CT molecular complexity index is 767. The summed E-state index contributed by atoms with van der Waals surface area (Å²) in [7, 11) is 3.98. The van der Waals surface area contributed by atoms with Crippen molar-refractivity contribution in [2.75, 3.05) is 27.2 Å². The van der Waals surface area contributed by atoms with Gasteiger partial charge in [-0.25, -0.2) is 0 Å². The summed E-state index contributed by atoms with van der Waals surface area (Å²) in [4.78, 5) is 6.82. The van der Waals surface area contributed by atoms with Gasteiger partial charge >= 0.3 is 0 Å². The van der Waals surface area contributed by atoms with Crippen LogP contribution in [0.15, 0.2) is 47.5 Å². The van der Waals surface area contributed by atoms with Gasteiger partial charge in [0.25, 0.3) is 0 Å². The Kier molecular flexibility index (Phi) is 9.86. The maximum Gasteiger partial charge on any atom is 0.209 e. The molecule has 2 aliphatic rings. The molecule has 1 saturated carbocycles. The molecule has 1 saturated heterocycles. The van der Waals surface area contributed by atoms with Gasteiger partial charge in [0.1, 0.15) is 11.9 Å². The third-order valence-electron chi connectivity index (χ3n) is 6.67. The van der Waals surface area contributed by atoms with Crippen molar-refractivity contribution in [2.24, 2.45) is 4.99 Å². The van der Waals surface area contributed by atoms with Crippen LogP contribution in [0.2, 0.25) is 0 Å². The molecule has 32 heavy (non-hydrogen) atoms. The normalized spacial score (nSPS) is 19.7. The molecular formula is C28H42N2O2. The largest absolute Gasteiger partial charge is 0.490 e. The number of likely N-dealkylation sites (tertiary alicyclic amines) is 1. The van der Waals surface area contributed by atoms with Gasteiger partial charge in [-0.3, -0.25) is 4.99 Å². The summed E-state index contributed by atoms with van der Waals surface area (Å²) in [6.45, 7) is 8.78. The van der Waals surface area contributed by atoms with Crippen LogP contribution in [-0.4, -0.2) is 50.2 Å². The van der Waals surface area contributed by atoms with Crippen molar-refractivity contribution in [3.05, 3.63) is 48.1 Å². The minimum Gasteiger partial charge on any atom is -0.490 e. The van der Waals surface area contributed by atoms with Crippen molar-refractivity contribution in [3.63, 3.8) is 0 Å². The van der Waals surface area contributed by atoms with Crippen molar-refractivity contribution in [1.29, 1.82) is 0 Å². The number of hydrogen-bond acceptors (Lipinski definition) is 4. The lowest BCUT2D eigenvalue weighted by molar-refractivity contribution is 0.106. The lowest BCUT2D eigenvalue weighted by Gasteiger charge is -2.29. The fourth-order valence-corrected chi connectivity index (χ4v) is 4.55. The molecule has 176 valence electrons. The van der Waals surface area contributed by atoms with Gasteiger partial charge in [-0.2, -0.15) is 0 Å². The molecule has 0 bridgehead atoms. The number of benzene rings is 1. The fourth-order valence-electron chi connectivity index (χ4n) is 4.55. The number of piperidine rings is 1. The average Bonchev–Trinajstić information content (AvgIpc) is 2.83. The molecule has 0 aromatic heterocycles. The summed E-state index contributed by atoms with van der Waals surface area (Å²) >= 11 is 0. The molecule has 0 unspecified atom stereocenters. The average molecular weight is 439 g/mol. The summed E-state index contributed by atoms with van der Waals surface area (Å²) in [6, 6.07) is 8.52. The minimum atomic E-state index is 0.234. The molecule has 0 radical (unpaired) electrons. The van der Waals surface area contributed by atoms with E-state index in [4.69, 9.17) is 9.47 Å². The van der Waals surface area contributed by atoms with E-state index in [-0.39, 0.29) is 6.10 Å². The quantitative estimate of drug-likeness (QED) is 0.245. The van der Waals surface area contributed by atoms with Crippen molar-refractivity contribution in [2.45, 2.75) is 83.3 Å². The number of ether oxygens (including phenoxy) is 2. The molecular weight excluding hydrogens is 396 g/mol. The molecule has 4 nitrogen and oxygen atoms in total. The maximum atomic E-state index is 6.30. The SMILES string of the molecule is C=C(CCCC)/C(=C\C(=NC)OC1CCN(C)CC1)c1ccc(OC2CCCCC2)cc1. The van der Waals surface area contributed by atoms with Crippen LogP contribution in [0.5, 0.6) is 5.75 Å². The summed E-state index contributed by atoms with van der Waals surface area (Å²) in [5, 5.41) is 0.